The monoisotopic (exact) mass is 177 g/mol. The number of aromatic nitrogens is 2. The van der Waals surface area contributed by atoms with E-state index in [0.29, 0.717) is 6.04 Å². The Kier molecular flexibility index (Phi) is 1.43. The van der Waals surface area contributed by atoms with Gasteiger partial charge in [-0.15, -0.1) is 0 Å². The first kappa shape index (κ1) is 7.42. The normalized spacial score (nSPS) is 22.5. The van der Waals surface area contributed by atoms with E-state index in [0.717, 1.165) is 17.7 Å². The molecule has 0 aliphatic heterocycles. The minimum Gasteiger partial charge on any atom is -0.384 e. The first-order valence-electron chi connectivity index (χ1n) is 5.15. The molecule has 1 aromatic heterocycles. The molecule has 2 saturated carbocycles. The van der Waals surface area contributed by atoms with Crippen LogP contribution in [0.4, 0.5) is 5.82 Å². The van der Waals surface area contributed by atoms with Crippen LogP contribution in [0, 0.1) is 11.8 Å². The quantitative estimate of drug-likeness (QED) is 0.765. The van der Waals surface area contributed by atoms with Crippen molar-refractivity contribution in [3.63, 3.8) is 0 Å². The van der Waals surface area contributed by atoms with Gasteiger partial charge in [0.2, 0.25) is 0 Å². The summed E-state index contributed by atoms with van der Waals surface area (Å²) >= 11 is 0. The fourth-order valence-electron chi connectivity index (χ4n) is 2.23. The second-order valence-electron chi connectivity index (χ2n) is 4.37. The van der Waals surface area contributed by atoms with Gasteiger partial charge in [-0.1, -0.05) is 0 Å². The molecule has 0 unspecified atom stereocenters. The summed E-state index contributed by atoms with van der Waals surface area (Å²) in [4.78, 5) is 0. The molecule has 0 bridgehead atoms. The van der Waals surface area contributed by atoms with E-state index >= 15 is 0 Å². The number of nitrogens with zero attached hydrogens (tertiary/aromatic N) is 2. The lowest BCUT2D eigenvalue weighted by molar-refractivity contribution is 0.366. The summed E-state index contributed by atoms with van der Waals surface area (Å²) in [6.07, 6.45) is 7.31. The van der Waals surface area contributed by atoms with Gasteiger partial charge >= 0.3 is 0 Å². The van der Waals surface area contributed by atoms with Gasteiger partial charge in [-0.25, -0.2) is 4.68 Å². The lowest BCUT2D eigenvalue weighted by atomic mass is 10.1. The van der Waals surface area contributed by atoms with Gasteiger partial charge in [-0.2, -0.15) is 5.10 Å². The summed E-state index contributed by atoms with van der Waals surface area (Å²) in [5.41, 5.74) is 5.87. The van der Waals surface area contributed by atoms with E-state index in [1.54, 1.807) is 0 Å². The van der Waals surface area contributed by atoms with Crippen LogP contribution in [0.3, 0.4) is 0 Å². The van der Waals surface area contributed by atoms with Crippen molar-refractivity contribution in [2.45, 2.75) is 31.7 Å². The van der Waals surface area contributed by atoms with Crippen LogP contribution in [0.1, 0.15) is 31.7 Å². The molecule has 0 saturated heterocycles. The highest BCUT2D eigenvalue weighted by Gasteiger charge is 2.43. The molecule has 13 heavy (non-hydrogen) atoms. The molecule has 2 N–H and O–H groups in total. The topological polar surface area (TPSA) is 43.8 Å². The average Bonchev–Trinajstić information content (AvgIpc) is 2.96. The van der Waals surface area contributed by atoms with Gasteiger partial charge in [0.1, 0.15) is 5.82 Å². The van der Waals surface area contributed by atoms with E-state index in [-0.39, 0.29) is 0 Å². The third-order valence-electron chi connectivity index (χ3n) is 3.19. The highest BCUT2D eigenvalue weighted by Crippen LogP contribution is 2.52. The maximum atomic E-state index is 5.87. The molecule has 70 valence electrons. The van der Waals surface area contributed by atoms with Crippen molar-refractivity contribution in [1.82, 2.24) is 9.78 Å². The van der Waals surface area contributed by atoms with Crippen LogP contribution in [-0.4, -0.2) is 9.78 Å². The Morgan fingerprint density at radius 2 is 1.92 bits per heavy atom. The Bertz CT molecular complexity index is 298. The van der Waals surface area contributed by atoms with Crippen molar-refractivity contribution in [1.29, 1.82) is 0 Å². The zero-order valence-electron chi connectivity index (χ0n) is 7.69. The Hall–Kier alpha value is -0.990. The van der Waals surface area contributed by atoms with Crippen molar-refractivity contribution in [3.05, 3.63) is 12.3 Å². The number of rotatable bonds is 3. The summed E-state index contributed by atoms with van der Waals surface area (Å²) in [6, 6.07) is 2.52. The van der Waals surface area contributed by atoms with Crippen LogP contribution in [0.25, 0.3) is 0 Å². The predicted molar refractivity (Wildman–Crippen MR) is 51.1 cm³/mol. The van der Waals surface area contributed by atoms with E-state index in [9.17, 15) is 0 Å². The molecule has 2 fully saturated rings. The zero-order valence-corrected chi connectivity index (χ0v) is 7.69. The highest BCUT2D eigenvalue weighted by atomic mass is 15.3. The molecule has 0 aromatic carbocycles. The minimum absolute atomic E-state index is 0.620. The van der Waals surface area contributed by atoms with E-state index in [1.165, 1.54) is 25.7 Å². The number of nitrogen functional groups attached to an aromatic ring is 1. The van der Waals surface area contributed by atoms with Crippen LogP contribution >= 0.6 is 0 Å². The molecular formula is C10H15N3. The molecule has 0 amide bonds. The maximum Gasteiger partial charge on any atom is 0.121 e. The van der Waals surface area contributed by atoms with Gasteiger partial charge in [0.05, 0.1) is 12.2 Å². The third kappa shape index (κ3) is 1.23. The van der Waals surface area contributed by atoms with Crippen molar-refractivity contribution in [3.8, 4) is 0 Å². The Morgan fingerprint density at radius 3 is 2.31 bits per heavy atom. The molecule has 0 spiro atoms. The molecular weight excluding hydrogens is 162 g/mol. The average molecular weight is 177 g/mol. The maximum absolute atomic E-state index is 5.87. The van der Waals surface area contributed by atoms with Crippen molar-refractivity contribution in [2.24, 2.45) is 11.8 Å². The smallest absolute Gasteiger partial charge is 0.121 e. The molecule has 2 aliphatic rings. The van der Waals surface area contributed by atoms with Gasteiger partial charge in [-0.05, 0) is 43.6 Å². The van der Waals surface area contributed by atoms with Crippen LogP contribution in [0.15, 0.2) is 12.3 Å². The number of anilines is 1. The van der Waals surface area contributed by atoms with Gasteiger partial charge in [0.25, 0.3) is 0 Å². The first-order valence-corrected chi connectivity index (χ1v) is 5.15. The number of nitrogens with two attached hydrogens (primary N) is 1. The zero-order chi connectivity index (χ0) is 8.84. The lowest BCUT2D eigenvalue weighted by Gasteiger charge is -2.17. The van der Waals surface area contributed by atoms with E-state index in [1.807, 2.05) is 12.3 Å². The van der Waals surface area contributed by atoms with Crippen LogP contribution in [0.2, 0.25) is 0 Å². The summed E-state index contributed by atoms with van der Waals surface area (Å²) in [6.45, 7) is 0. The van der Waals surface area contributed by atoms with Gasteiger partial charge < -0.3 is 5.73 Å². The predicted octanol–water partition coefficient (Wildman–Crippen LogP) is 1.83. The molecule has 2 aliphatic carbocycles. The van der Waals surface area contributed by atoms with E-state index in [2.05, 4.69) is 9.78 Å². The highest BCUT2D eigenvalue weighted by molar-refractivity contribution is 5.27. The Balaban J connectivity index is 1.90. The van der Waals surface area contributed by atoms with Gasteiger partial charge in [0, 0.05) is 0 Å². The second kappa shape index (κ2) is 2.50. The molecule has 1 aromatic rings. The van der Waals surface area contributed by atoms with Gasteiger partial charge in [-0.3, -0.25) is 0 Å². The van der Waals surface area contributed by atoms with Crippen molar-refractivity contribution in [2.75, 3.05) is 5.73 Å². The largest absolute Gasteiger partial charge is 0.384 e. The van der Waals surface area contributed by atoms with Crippen molar-refractivity contribution >= 4 is 5.82 Å². The van der Waals surface area contributed by atoms with E-state index < -0.39 is 0 Å². The SMILES string of the molecule is Nc1ccnn1C(C1CC1)C1CC1. The summed E-state index contributed by atoms with van der Waals surface area (Å²) in [5.74, 6) is 2.58. The molecule has 1 heterocycles. The summed E-state index contributed by atoms with van der Waals surface area (Å²) in [7, 11) is 0. The second-order valence-corrected chi connectivity index (χ2v) is 4.37. The fourth-order valence-corrected chi connectivity index (χ4v) is 2.23. The molecule has 3 nitrogen and oxygen atoms in total. The number of hydrogen-bond donors (Lipinski definition) is 1. The van der Waals surface area contributed by atoms with Crippen LogP contribution in [0.5, 0.6) is 0 Å². The third-order valence-corrected chi connectivity index (χ3v) is 3.19. The fraction of sp³-hybridized carbons (Fsp3) is 0.700. The summed E-state index contributed by atoms with van der Waals surface area (Å²) < 4.78 is 2.05. The first-order chi connectivity index (χ1) is 6.36. The summed E-state index contributed by atoms with van der Waals surface area (Å²) in [5, 5.41) is 4.33. The minimum atomic E-state index is 0.620. The standard InChI is InChI=1S/C10H15N3/c11-9-5-6-12-13(9)10(7-1-2-7)8-3-4-8/h5-8,10H,1-4,11H2. The van der Waals surface area contributed by atoms with Crippen molar-refractivity contribution < 1.29 is 0 Å². The number of hydrogen-bond acceptors (Lipinski definition) is 2. The van der Waals surface area contributed by atoms with E-state index in [4.69, 9.17) is 5.73 Å². The molecule has 3 heteroatoms. The Morgan fingerprint density at radius 1 is 1.31 bits per heavy atom. The molecule has 0 radical (unpaired) electrons. The molecule has 3 rings (SSSR count). The Labute approximate surface area is 77.9 Å². The van der Waals surface area contributed by atoms with Gasteiger partial charge in [0.15, 0.2) is 0 Å². The molecule has 0 atom stereocenters. The van der Waals surface area contributed by atoms with Crippen LogP contribution < -0.4 is 5.73 Å². The lowest BCUT2D eigenvalue weighted by Crippen LogP contribution is -2.16. The van der Waals surface area contributed by atoms with Crippen LogP contribution in [-0.2, 0) is 0 Å².